The summed E-state index contributed by atoms with van der Waals surface area (Å²) in [6.07, 6.45) is 8.38. The molecule has 0 spiro atoms. The lowest BCUT2D eigenvalue weighted by Gasteiger charge is -2.21. The molecule has 24 heavy (non-hydrogen) atoms. The lowest BCUT2D eigenvalue weighted by atomic mass is 9.85. The second-order valence-electron chi connectivity index (χ2n) is 6.92. The normalized spacial score (nSPS) is 20.7. The highest BCUT2D eigenvalue weighted by atomic mass is 32.1. The molecule has 132 valence electrons. The maximum absolute atomic E-state index is 12.5. The molecule has 1 N–H and O–H groups in total. The van der Waals surface area contributed by atoms with E-state index in [-0.39, 0.29) is 17.8 Å². The fourth-order valence-electron chi connectivity index (χ4n) is 3.91. The zero-order chi connectivity index (χ0) is 17.1. The number of hydrogen-bond donors (Lipinski definition) is 1. The Morgan fingerprint density at radius 2 is 1.96 bits per heavy atom. The minimum Gasteiger partial charge on any atom is -0.462 e. The number of ether oxygens (including phenoxy) is 1. The fraction of sp³-hybridized carbons (Fsp3) is 0.684. The monoisotopic (exact) mass is 349 g/mol. The van der Waals surface area contributed by atoms with Crippen molar-refractivity contribution in [3.8, 4) is 0 Å². The van der Waals surface area contributed by atoms with E-state index in [0.717, 1.165) is 56.9 Å². The van der Waals surface area contributed by atoms with Crippen LogP contribution in [-0.2, 0) is 22.4 Å². The summed E-state index contributed by atoms with van der Waals surface area (Å²) in [4.78, 5) is 26.3. The summed E-state index contributed by atoms with van der Waals surface area (Å²) in [5, 5.41) is 3.78. The number of amides is 1. The molecule has 0 aromatic carbocycles. The largest absolute Gasteiger partial charge is 0.462 e. The van der Waals surface area contributed by atoms with Crippen LogP contribution in [0.4, 0.5) is 5.00 Å². The summed E-state index contributed by atoms with van der Waals surface area (Å²) in [7, 11) is 0. The molecule has 5 heteroatoms. The van der Waals surface area contributed by atoms with Crippen molar-refractivity contribution in [3.63, 3.8) is 0 Å². The van der Waals surface area contributed by atoms with Gasteiger partial charge in [0, 0.05) is 10.8 Å². The summed E-state index contributed by atoms with van der Waals surface area (Å²) in [6.45, 7) is 4.40. The van der Waals surface area contributed by atoms with Gasteiger partial charge in [-0.3, -0.25) is 4.79 Å². The molecule has 1 fully saturated rings. The van der Waals surface area contributed by atoms with Gasteiger partial charge in [0.2, 0.25) is 5.91 Å². The van der Waals surface area contributed by atoms with Gasteiger partial charge in [-0.1, -0.05) is 26.2 Å². The quantitative estimate of drug-likeness (QED) is 0.792. The van der Waals surface area contributed by atoms with Crippen LogP contribution in [0.5, 0.6) is 0 Å². The Balaban J connectivity index is 1.87. The number of carbonyl (C=O) groups is 2. The average molecular weight is 349 g/mol. The summed E-state index contributed by atoms with van der Waals surface area (Å²) >= 11 is 1.59. The van der Waals surface area contributed by atoms with E-state index in [4.69, 9.17) is 4.74 Å². The van der Waals surface area contributed by atoms with Crippen LogP contribution in [0.2, 0.25) is 0 Å². The van der Waals surface area contributed by atoms with Gasteiger partial charge in [-0.05, 0) is 50.5 Å². The number of carbonyl (C=O) groups excluding carboxylic acids is 2. The molecule has 0 aliphatic heterocycles. The predicted molar refractivity (Wildman–Crippen MR) is 96.7 cm³/mol. The first kappa shape index (κ1) is 17.5. The molecular weight excluding hydrogens is 322 g/mol. The van der Waals surface area contributed by atoms with Gasteiger partial charge in [0.25, 0.3) is 0 Å². The second kappa shape index (κ2) is 7.68. The van der Waals surface area contributed by atoms with Gasteiger partial charge in [0.05, 0.1) is 12.2 Å². The second-order valence-corrected chi connectivity index (χ2v) is 8.02. The van der Waals surface area contributed by atoms with E-state index in [2.05, 4.69) is 12.2 Å². The van der Waals surface area contributed by atoms with Gasteiger partial charge in [-0.2, -0.15) is 0 Å². The number of anilines is 1. The van der Waals surface area contributed by atoms with E-state index in [9.17, 15) is 9.59 Å². The van der Waals surface area contributed by atoms with Gasteiger partial charge >= 0.3 is 5.97 Å². The van der Waals surface area contributed by atoms with Crippen molar-refractivity contribution in [2.45, 2.75) is 65.2 Å². The number of rotatable bonds is 5. The fourth-order valence-corrected chi connectivity index (χ4v) is 5.26. The van der Waals surface area contributed by atoms with Crippen molar-refractivity contribution in [3.05, 3.63) is 16.0 Å². The highest BCUT2D eigenvalue weighted by Gasteiger charge is 2.31. The van der Waals surface area contributed by atoms with Crippen LogP contribution in [-0.4, -0.2) is 18.5 Å². The highest BCUT2D eigenvalue weighted by molar-refractivity contribution is 7.17. The van der Waals surface area contributed by atoms with Crippen LogP contribution in [0.15, 0.2) is 0 Å². The molecule has 1 saturated carbocycles. The first-order valence-corrected chi connectivity index (χ1v) is 10.1. The third kappa shape index (κ3) is 3.51. The zero-order valence-electron chi connectivity index (χ0n) is 14.7. The van der Waals surface area contributed by atoms with Crippen molar-refractivity contribution in [1.82, 2.24) is 0 Å². The van der Waals surface area contributed by atoms with Crippen molar-refractivity contribution in [2.75, 3.05) is 11.9 Å². The van der Waals surface area contributed by atoms with E-state index in [0.29, 0.717) is 23.1 Å². The van der Waals surface area contributed by atoms with E-state index in [1.54, 1.807) is 11.3 Å². The molecule has 1 heterocycles. The van der Waals surface area contributed by atoms with Crippen LogP contribution in [0.3, 0.4) is 0 Å². The first-order chi connectivity index (χ1) is 11.6. The summed E-state index contributed by atoms with van der Waals surface area (Å²) in [6, 6.07) is 0. The molecule has 3 rings (SSSR count). The molecule has 2 aliphatic carbocycles. The van der Waals surface area contributed by atoms with Crippen LogP contribution in [0.1, 0.15) is 73.2 Å². The van der Waals surface area contributed by atoms with E-state index >= 15 is 0 Å². The molecule has 0 saturated heterocycles. The summed E-state index contributed by atoms with van der Waals surface area (Å²) in [5.74, 6) is 0.572. The van der Waals surface area contributed by atoms with Crippen molar-refractivity contribution in [2.24, 2.45) is 11.8 Å². The lowest BCUT2D eigenvalue weighted by Crippen LogP contribution is -2.21. The molecule has 4 nitrogen and oxygen atoms in total. The molecule has 1 aromatic heterocycles. The molecule has 2 aliphatic rings. The molecule has 1 amide bonds. The SMILES string of the molecule is CCOC(=O)c1c(NC(=O)C2CCCC2)sc2c1CC[C@@H](CC)C2. The number of thiophene rings is 1. The topological polar surface area (TPSA) is 55.4 Å². The Morgan fingerprint density at radius 3 is 2.62 bits per heavy atom. The van der Waals surface area contributed by atoms with E-state index in [1.165, 1.54) is 4.88 Å². The Morgan fingerprint density at radius 1 is 1.21 bits per heavy atom. The molecule has 0 radical (unpaired) electrons. The number of fused-ring (bicyclic) bond motifs is 1. The van der Waals surface area contributed by atoms with E-state index < -0.39 is 0 Å². The van der Waals surface area contributed by atoms with Gasteiger partial charge in [0.15, 0.2) is 0 Å². The summed E-state index contributed by atoms with van der Waals surface area (Å²) in [5.41, 5.74) is 1.74. The molecule has 1 atom stereocenters. The number of esters is 1. The molecule has 0 bridgehead atoms. The maximum Gasteiger partial charge on any atom is 0.341 e. The van der Waals surface area contributed by atoms with Crippen LogP contribution >= 0.6 is 11.3 Å². The van der Waals surface area contributed by atoms with Gasteiger partial charge in [-0.25, -0.2) is 4.79 Å². The Labute approximate surface area is 148 Å². The van der Waals surface area contributed by atoms with Gasteiger partial charge < -0.3 is 10.1 Å². The van der Waals surface area contributed by atoms with Crippen molar-refractivity contribution < 1.29 is 14.3 Å². The average Bonchev–Trinajstić information content (AvgIpc) is 3.21. The number of hydrogen-bond acceptors (Lipinski definition) is 4. The molecular formula is C19H27NO3S. The number of nitrogens with one attached hydrogen (secondary N) is 1. The Hall–Kier alpha value is -1.36. The van der Waals surface area contributed by atoms with Crippen LogP contribution in [0.25, 0.3) is 0 Å². The third-order valence-electron chi connectivity index (χ3n) is 5.39. The van der Waals surface area contributed by atoms with Crippen molar-refractivity contribution >= 4 is 28.2 Å². The van der Waals surface area contributed by atoms with E-state index in [1.807, 2.05) is 6.92 Å². The minimum absolute atomic E-state index is 0.0729. The lowest BCUT2D eigenvalue weighted by molar-refractivity contribution is -0.119. The smallest absolute Gasteiger partial charge is 0.341 e. The highest BCUT2D eigenvalue weighted by Crippen LogP contribution is 2.41. The Kier molecular flexibility index (Phi) is 5.59. The van der Waals surface area contributed by atoms with Gasteiger partial charge in [0.1, 0.15) is 5.00 Å². The van der Waals surface area contributed by atoms with Crippen LogP contribution < -0.4 is 5.32 Å². The Bertz CT molecular complexity index is 616. The first-order valence-electron chi connectivity index (χ1n) is 9.26. The van der Waals surface area contributed by atoms with Gasteiger partial charge in [-0.15, -0.1) is 11.3 Å². The minimum atomic E-state index is -0.285. The maximum atomic E-state index is 12.5. The summed E-state index contributed by atoms with van der Waals surface area (Å²) < 4.78 is 5.27. The zero-order valence-corrected chi connectivity index (χ0v) is 15.5. The van der Waals surface area contributed by atoms with Crippen molar-refractivity contribution in [1.29, 1.82) is 0 Å². The molecule has 1 aromatic rings. The molecule has 0 unspecified atom stereocenters. The standard InChI is InChI=1S/C19H27NO3S/c1-3-12-9-10-14-15(11-12)24-18(16(14)19(22)23-4-2)20-17(21)13-7-5-6-8-13/h12-13H,3-11H2,1-2H3,(H,20,21)/t12-/m1/s1. The third-order valence-corrected chi connectivity index (χ3v) is 6.56. The van der Waals surface area contributed by atoms with Crippen LogP contribution in [0, 0.1) is 11.8 Å². The predicted octanol–water partition coefficient (Wildman–Crippen LogP) is 4.57.